The molecule has 2 aromatic rings. The number of anilines is 1. The minimum atomic E-state index is 0.589. The monoisotopic (exact) mass is 231 g/mol. The molecule has 0 amide bonds. The van der Waals surface area contributed by atoms with Crippen molar-refractivity contribution in [2.45, 2.75) is 13.5 Å². The van der Waals surface area contributed by atoms with Crippen LogP contribution in [0.1, 0.15) is 11.3 Å². The molecule has 2 heterocycles. The van der Waals surface area contributed by atoms with E-state index in [4.69, 9.17) is 5.26 Å². The predicted molar refractivity (Wildman–Crippen MR) is 61.2 cm³/mol. The van der Waals surface area contributed by atoms with E-state index in [0.717, 1.165) is 11.5 Å². The van der Waals surface area contributed by atoms with E-state index in [1.165, 1.54) is 0 Å². The summed E-state index contributed by atoms with van der Waals surface area (Å²) in [6.07, 6.45) is 3.43. The fourth-order valence-electron chi connectivity index (χ4n) is 1.64. The summed E-state index contributed by atoms with van der Waals surface area (Å²) in [4.78, 5) is 0. The molecular weight excluding hydrogens is 218 g/mol. The molecule has 0 spiro atoms. The van der Waals surface area contributed by atoms with Gasteiger partial charge in [-0.2, -0.15) is 10.4 Å². The van der Waals surface area contributed by atoms with Crippen molar-refractivity contribution in [2.75, 3.05) is 11.9 Å². The van der Waals surface area contributed by atoms with E-state index in [2.05, 4.69) is 26.8 Å². The molecular formula is C10H13N7. The summed E-state index contributed by atoms with van der Waals surface area (Å²) in [5.74, 6) is 0.741. The van der Waals surface area contributed by atoms with Gasteiger partial charge in [0, 0.05) is 19.8 Å². The molecule has 0 aromatic carbocycles. The molecule has 0 unspecified atom stereocenters. The van der Waals surface area contributed by atoms with Crippen LogP contribution in [0.25, 0.3) is 0 Å². The highest BCUT2D eigenvalue weighted by molar-refractivity contribution is 5.54. The lowest BCUT2D eigenvalue weighted by Crippen LogP contribution is -2.13. The third kappa shape index (κ3) is 2.25. The molecule has 7 nitrogen and oxygen atoms in total. The first kappa shape index (κ1) is 11.1. The fraction of sp³-hybridized carbons (Fsp3) is 0.400. The van der Waals surface area contributed by atoms with Gasteiger partial charge in [0.2, 0.25) is 0 Å². The van der Waals surface area contributed by atoms with Crippen LogP contribution in [0.2, 0.25) is 0 Å². The van der Waals surface area contributed by atoms with Gasteiger partial charge in [0.15, 0.2) is 0 Å². The molecule has 0 atom stereocenters. The van der Waals surface area contributed by atoms with Crippen molar-refractivity contribution in [2.24, 2.45) is 7.05 Å². The Morgan fingerprint density at radius 3 is 3.00 bits per heavy atom. The van der Waals surface area contributed by atoms with Gasteiger partial charge >= 0.3 is 0 Å². The zero-order valence-electron chi connectivity index (χ0n) is 9.75. The van der Waals surface area contributed by atoms with E-state index in [-0.39, 0.29) is 0 Å². The summed E-state index contributed by atoms with van der Waals surface area (Å²) >= 11 is 0. The van der Waals surface area contributed by atoms with Crippen LogP contribution in [0.5, 0.6) is 0 Å². The normalized spacial score (nSPS) is 10.2. The van der Waals surface area contributed by atoms with E-state index in [1.807, 2.05) is 14.0 Å². The van der Waals surface area contributed by atoms with E-state index in [9.17, 15) is 0 Å². The molecule has 2 rings (SSSR count). The Morgan fingerprint density at radius 2 is 2.35 bits per heavy atom. The number of nitrogens with one attached hydrogen (secondary N) is 1. The van der Waals surface area contributed by atoms with Gasteiger partial charge in [-0.25, -0.2) is 0 Å². The van der Waals surface area contributed by atoms with Crippen molar-refractivity contribution in [3.05, 3.63) is 23.7 Å². The van der Waals surface area contributed by atoms with Crippen LogP contribution >= 0.6 is 0 Å². The molecule has 0 bridgehead atoms. The second kappa shape index (κ2) is 4.65. The van der Waals surface area contributed by atoms with E-state index >= 15 is 0 Å². The van der Waals surface area contributed by atoms with Crippen molar-refractivity contribution in [1.82, 2.24) is 24.8 Å². The highest BCUT2D eigenvalue weighted by Gasteiger charge is 2.11. The Bertz CT molecular complexity index is 532. The van der Waals surface area contributed by atoms with Crippen LogP contribution in [-0.2, 0) is 13.6 Å². The third-order valence-corrected chi connectivity index (χ3v) is 2.44. The summed E-state index contributed by atoms with van der Waals surface area (Å²) < 4.78 is 3.40. The Hall–Kier alpha value is -2.36. The molecule has 1 N–H and O–H groups in total. The van der Waals surface area contributed by atoms with Crippen molar-refractivity contribution in [3.63, 3.8) is 0 Å². The smallest absolute Gasteiger partial charge is 0.142 e. The van der Waals surface area contributed by atoms with Gasteiger partial charge in [0.1, 0.15) is 17.5 Å². The van der Waals surface area contributed by atoms with Gasteiger partial charge in [-0.1, -0.05) is 5.21 Å². The number of nitrogens with zero attached hydrogens (tertiary/aromatic N) is 6. The van der Waals surface area contributed by atoms with Gasteiger partial charge in [-0.3, -0.25) is 9.36 Å². The lowest BCUT2D eigenvalue weighted by Gasteiger charge is -2.06. The number of hydrogen-bond donors (Lipinski definition) is 1. The minimum Gasteiger partial charge on any atom is -0.367 e. The van der Waals surface area contributed by atoms with Gasteiger partial charge in [-0.05, 0) is 6.92 Å². The number of aryl methyl sites for hydroxylation is 2. The highest BCUT2D eigenvalue weighted by Crippen LogP contribution is 2.16. The molecule has 0 aliphatic rings. The van der Waals surface area contributed by atoms with Crippen molar-refractivity contribution in [3.8, 4) is 6.07 Å². The first-order chi connectivity index (χ1) is 8.22. The molecule has 7 heteroatoms. The zero-order chi connectivity index (χ0) is 12.3. The predicted octanol–water partition coefficient (Wildman–Crippen LogP) is 0.304. The topological polar surface area (TPSA) is 84.3 Å². The minimum absolute atomic E-state index is 0.589. The lowest BCUT2D eigenvalue weighted by atomic mass is 10.2. The maximum atomic E-state index is 9.03. The molecule has 0 aliphatic carbocycles. The van der Waals surface area contributed by atoms with Crippen LogP contribution < -0.4 is 5.32 Å². The van der Waals surface area contributed by atoms with Gasteiger partial charge < -0.3 is 5.32 Å². The van der Waals surface area contributed by atoms with Crippen molar-refractivity contribution < 1.29 is 0 Å². The summed E-state index contributed by atoms with van der Waals surface area (Å²) in [6.45, 7) is 3.17. The molecule has 2 aromatic heterocycles. The summed E-state index contributed by atoms with van der Waals surface area (Å²) in [6, 6.07) is 2.15. The van der Waals surface area contributed by atoms with Crippen LogP contribution in [0.15, 0.2) is 12.4 Å². The summed E-state index contributed by atoms with van der Waals surface area (Å²) in [7, 11) is 1.81. The zero-order valence-corrected chi connectivity index (χ0v) is 9.75. The molecule has 17 heavy (non-hydrogen) atoms. The molecule has 0 fully saturated rings. The molecule has 0 aliphatic heterocycles. The van der Waals surface area contributed by atoms with Crippen LogP contribution in [0.4, 0.5) is 5.82 Å². The third-order valence-electron chi connectivity index (χ3n) is 2.44. The highest BCUT2D eigenvalue weighted by atomic mass is 15.4. The first-order valence-electron chi connectivity index (χ1n) is 5.24. The first-order valence-corrected chi connectivity index (χ1v) is 5.24. The lowest BCUT2D eigenvalue weighted by molar-refractivity contribution is 0.606. The Balaban J connectivity index is 2.02. The molecule has 0 saturated carbocycles. The van der Waals surface area contributed by atoms with Crippen LogP contribution in [0.3, 0.4) is 0 Å². The number of nitriles is 1. The summed E-state index contributed by atoms with van der Waals surface area (Å²) in [5.41, 5.74) is 1.32. The standard InChI is InChI=1S/C10H13N7/c1-8-9(7-11)10(16(2)14-8)12-3-5-17-6-4-13-15-17/h4,6,12H,3,5H2,1-2H3. The van der Waals surface area contributed by atoms with Crippen molar-refractivity contribution >= 4 is 5.82 Å². The average Bonchev–Trinajstić information content (AvgIpc) is 2.88. The second-order valence-corrected chi connectivity index (χ2v) is 3.64. The Kier molecular flexibility index (Phi) is 3.05. The maximum absolute atomic E-state index is 9.03. The number of hydrogen-bond acceptors (Lipinski definition) is 5. The Labute approximate surface area is 98.7 Å². The summed E-state index contributed by atoms with van der Waals surface area (Å²) in [5, 5.41) is 24.0. The SMILES string of the molecule is Cc1nn(C)c(NCCn2ccnn2)c1C#N. The van der Waals surface area contributed by atoms with Gasteiger partial charge in [-0.15, -0.1) is 5.10 Å². The van der Waals surface area contributed by atoms with E-state index in [1.54, 1.807) is 21.8 Å². The molecule has 88 valence electrons. The second-order valence-electron chi connectivity index (χ2n) is 3.64. The largest absolute Gasteiger partial charge is 0.367 e. The van der Waals surface area contributed by atoms with Crippen molar-refractivity contribution in [1.29, 1.82) is 5.26 Å². The molecule has 0 radical (unpaired) electrons. The average molecular weight is 231 g/mol. The van der Waals surface area contributed by atoms with E-state index in [0.29, 0.717) is 18.7 Å². The van der Waals surface area contributed by atoms with Gasteiger partial charge in [0.25, 0.3) is 0 Å². The fourth-order valence-corrected chi connectivity index (χ4v) is 1.64. The quantitative estimate of drug-likeness (QED) is 0.818. The molecule has 0 saturated heterocycles. The Morgan fingerprint density at radius 1 is 1.53 bits per heavy atom. The number of rotatable bonds is 4. The van der Waals surface area contributed by atoms with Gasteiger partial charge in [0.05, 0.1) is 18.4 Å². The van der Waals surface area contributed by atoms with E-state index < -0.39 is 0 Å². The maximum Gasteiger partial charge on any atom is 0.142 e. The van der Waals surface area contributed by atoms with Crippen LogP contribution in [-0.4, -0.2) is 31.3 Å². The number of aromatic nitrogens is 5. The van der Waals surface area contributed by atoms with Crippen LogP contribution in [0, 0.1) is 18.3 Å².